The number of nitrogens with one attached hydrogen (secondary N) is 2. The molecule has 0 radical (unpaired) electrons. The van der Waals surface area contributed by atoms with E-state index in [1.54, 1.807) is 6.08 Å². The average molecular weight is 483 g/mol. The standard InChI is InChI=1S/C32H38N2O2/c1-20-10-5-8-15-29(35)32-25(12-9-11-21(2)16-20)17-22(3)23(4)30(32)28(34-31(32)36)18-24-19-33-27-14-7-6-13-26(24)27/h6-9,12-17,19,21,23,25,28,30,33H,5,10-11,18H2,1-4H3,(H,34,36)/b12-9-,15-8-,20-16+/t21-,23+,25-,28-,30-,32+/m0/s1. The van der Waals surface area contributed by atoms with Crippen LogP contribution in [0.4, 0.5) is 0 Å². The monoisotopic (exact) mass is 482 g/mol. The van der Waals surface area contributed by atoms with Crippen molar-refractivity contribution in [3.05, 3.63) is 83.6 Å². The van der Waals surface area contributed by atoms with Gasteiger partial charge in [-0.2, -0.15) is 0 Å². The van der Waals surface area contributed by atoms with Crippen LogP contribution in [-0.4, -0.2) is 22.7 Å². The molecule has 2 aromatic rings. The first kappa shape index (κ1) is 24.5. The van der Waals surface area contributed by atoms with Crippen LogP contribution in [0.25, 0.3) is 10.9 Å². The van der Waals surface area contributed by atoms with Crippen molar-refractivity contribution in [1.82, 2.24) is 10.3 Å². The second kappa shape index (κ2) is 9.72. The number of para-hydroxylation sites is 1. The van der Waals surface area contributed by atoms with E-state index in [0.29, 0.717) is 12.3 Å². The van der Waals surface area contributed by atoms with Gasteiger partial charge in [0, 0.05) is 35.0 Å². The van der Waals surface area contributed by atoms with E-state index in [-0.39, 0.29) is 35.5 Å². The van der Waals surface area contributed by atoms with Crippen molar-refractivity contribution in [3.8, 4) is 0 Å². The van der Waals surface area contributed by atoms with Gasteiger partial charge in [0.2, 0.25) is 5.91 Å². The summed E-state index contributed by atoms with van der Waals surface area (Å²) in [6.45, 7) is 8.74. The second-order valence-electron chi connectivity index (χ2n) is 11.2. The smallest absolute Gasteiger partial charge is 0.235 e. The van der Waals surface area contributed by atoms with Gasteiger partial charge in [-0.15, -0.1) is 0 Å². The maximum Gasteiger partial charge on any atom is 0.235 e. The highest BCUT2D eigenvalue weighted by Gasteiger charge is 2.64. The number of hydrogen-bond acceptors (Lipinski definition) is 2. The molecule has 1 aromatic heterocycles. The zero-order valence-corrected chi connectivity index (χ0v) is 21.9. The van der Waals surface area contributed by atoms with Crippen LogP contribution in [0.5, 0.6) is 0 Å². The van der Waals surface area contributed by atoms with Crippen LogP contribution in [0.2, 0.25) is 0 Å². The van der Waals surface area contributed by atoms with E-state index in [1.165, 1.54) is 22.1 Å². The summed E-state index contributed by atoms with van der Waals surface area (Å²) in [4.78, 5) is 31.4. The first-order valence-corrected chi connectivity index (χ1v) is 13.4. The Labute approximate surface area is 214 Å². The highest BCUT2D eigenvalue weighted by Crippen LogP contribution is 2.54. The van der Waals surface area contributed by atoms with Gasteiger partial charge in [0.25, 0.3) is 0 Å². The Kier molecular flexibility index (Phi) is 6.63. The van der Waals surface area contributed by atoms with Crippen LogP contribution in [0, 0.1) is 29.1 Å². The molecule has 1 saturated heterocycles. The number of benzene rings is 1. The summed E-state index contributed by atoms with van der Waals surface area (Å²) in [5, 5.41) is 4.50. The van der Waals surface area contributed by atoms with E-state index in [2.05, 4.69) is 80.6 Å². The molecule has 1 fully saturated rings. The lowest BCUT2D eigenvalue weighted by Crippen LogP contribution is -2.51. The predicted octanol–water partition coefficient (Wildman–Crippen LogP) is 6.47. The lowest BCUT2D eigenvalue weighted by Gasteiger charge is -2.44. The average Bonchev–Trinajstić information content (AvgIpc) is 3.38. The van der Waals surface area contributed by atoms with E-state index in [0.717, 1.165) is 24.8 Å². The number of H-pyrrole nitrogens is 1. The molecular formula is C32H38N2O2. The van der Waals surface area contributed by atoms with Crippen LogP contribution in [0.1, 0.15) is 52.5 Å². The third-order valence-corrected chi connectivity index (χ3v) is 8.79. The maximum atomic E-state index is 14.1. The van der Waals surface area contributed by atoms with E-state index in [9.17, 15) is 9.59 Å². The minimum atomic E-state index is -1.11. The van der Waals surface area contributed by atoms with Crippen molar-refractivity contribution < 1.29 is 9.59 Å². The highest BCUT2D eigenvalue weighted by atomic mass is 16.2. The molecule has 3 aliphatic rings. The quantitative estimate of drug-likeness (QED) is 0.381. The molecule has 5 rings (SSSR count). The molecule has 0 saturated carbocycles. The molecule has 36 heavy (non-hydrogen) atoms. The van der Waals surface area contributed by atoms with Gasteiger partial charge < -0.3 is 10.3 Å². The van der Waals surface area contributed by atoms with Crippen molar-refractivity contribution in [2.75, 3.05) is 0 Å². The largest absolute Gasteiger partial charge is 0.361 e. The second-order valence-corrected chi connectivity index (χ2v) is 11.2. The molecule has 2 heterocycles. The SMILES string of the molecule is CC1=C[C@@H]2/C=C\C[C@H](C)/C=C(\C)CC/C=C\C(=O)[C@]23C(=O)N[C@@H](Cc2c[nH]c4ccccc24)[C@@H]3[C@@H]1C. The van der Waals surface area contributed by atoms with Gasteiger partial charge in [0.05, 0.1) is 0 Å². The fraction of sp³-hybridized carbons (Fsp3) is 0.438. The molecule has 4 heteroatoms. The molecule has 2 aliphatic carbocycles. The van der Waals surface area contributed by atoms with Crippen LogP contribution in [0.3, 0.4) is 0 Å². The van der Waals surface area contributed by atoms with Gasteiger partial charge in [-0.3, -0.25) is 9.59 Å². The first-order valence-electron chi connectivity index (χ1n) is 13.4. The molecule has 2 N–H and O–H groups in total. The van der Waals surface area contributed by atoms with Crippen molar-refractivity contribution in [3.63, 3.8) is 0 Å². The zero-order chi connectivity index (χ0) is 25.4. The van der Waals surface area contributed by atoms with Gasteiger partial charge in [-0.25, -0.2) is 0 Å². The summed E-state index contributed by atoms with van der Waals surface area (Å²) >= 11 is 0. The van der Waals surface area contributed by atoms with Gasteiger partial charge in [0.1, 0.15) is 5.41 Å². The van der Waals surface area contributed by atoms with Crippen molar-refractivity contribution in [2.45, 2.75) is 59.4 Å². The number of aromatic nitrogens is 1. The van der Waals surface area contributed by atoms with Crippen molar-refractivity contribution in [2.24, 2.45) is 29.1 Å². The number of carbonyl (C=O) groups is 2. The maximum absolute atomic E-state index is 14.1. The lowest BCUT2D eigenvalue weighted by atomic mass is 9.55. The molecule has 4 nitrogen and oxygen atoms in total. The van der Waals surface area contributed by atoms with Gasteiger partial charge in [-0.1, -0.05) is 73.6 Å². The lowest BCUT2D eigenvalue weighted by molar-refractivity contribution is -0.142. The molecule has 1 amide bonds. The van der Waals surface area contributed by atoms with Gasteiger partial charge in [0.15, 0.2) is 5.78 Å². The number of amides is 1. The summed E-state index contributed by atoms with van der Waals surface area (Å²) in [6, 6.07) is 8.17. The third-order valence-electron chi connectivity index (χ3n) is 8.79. The number of rotatable bonds is 2. The number of hydrogen-bond donors (Lipinski definition) is 2. The van der Waals surface area contributed by atoms with Crippen LogP contribution < -0.4 is 5.32 Å². The minimum Gasteiger partial charge on any atom is -0.361 e. The number of ketones is 1. The molecule has 1 aliphatic heterocycles. The fourth-order valence-electron chi connectivity index (χ4n) is 6.89. The molecule has 0 unspecified atom stereocenters. The fourth-order valence-corrected chi connectivity index (χ4v) is 6.89. The Morgan fingerprint density at radius 3 is 2.69 bits per heavy atom. The Balaban J connectivity index is 1.58. The van der Waals surface area contributed by atoms with E-state index in [4.69, 9.17) is 0 Å². The van der Waals surface area contributed by atoms with Crippen LogP contribution >= 0.6 is 0 Å². The molecular weight excluding hydrogens is 444 g/mol. The van der Waals surface area contributed by atoms with Gasteiger partial charge in [-0.05, 0) is 69.1 Å². The summed E-state index contributed by atoms with van der Waals surface area (Å²) in [7, 11) is 0. The Morgan fingerprint density at radius 2 is 1.86 bits per heavy atom. The summed E-state index contributed by atoms with van der Waals surface area (Å²) < 4.78 is 0. The predicted molar refractivity (Wildman–Crippen MR) is 146 cm³/mol. The molecule has 1 spiro atoms. The van der Waals surface area contributed by atoms with Crippen molar-refractivity contribution >= 4 is 22.6 Å². The highest BCUT2D eigenvalue weighted by molar-refractivity contribution is 6.13. The number of allylic oxidation sites excluding steroid dienone is 8. The number of carbonyl (C=O) groups excluding carboxylic acids is 2. The van der Waals surface area contributed by atoms with Gasteiger partial charge >= 0.3 is 0 Å². The molecule has 1 aromatic carbocycles. The normalized spacial score (nSPS) is 36.3. The Bertz CT molecular complexity index is 1290. The van der Waals surface area contributed by atoms with Crippen molar-refractivity contribution in [1.29, 1.82) is 0 Å². The zero-order valence-electron chi connectivity index (χ0n) is 21.9. The van der Waals surface area contributed by atoms with Crippen LogP contribution in [-0.2, 0) is 16.0 Å². The molecule has 0 bridgehead atoms. The third kappa shape index (κ3) is 4.11. The summed E-state index contributed by atoms with van der Waals surface area (Å²) in [6.07, 6.45) is 17.9. The Hall–Kier alpha value is -3.14. The van der Waals surface area contributed by atoms with Crippen LogP contribution in [0.15, 0.2) is 78.1 Å². The summed E-state index contributed by atoms with van der Waals surface area (Å²) in [5.41, 5.74) is 3.78. The van der Waals surface area contributed by atoms with E-state index < -0.39 is 5.41 Å². The molecule has 188 valence electrons. The number of fused-ring (bicyclic) bond motifs is 1. The Morgan fingerprint density at radius 1 is 1.06 bits per heavy atom. The van der Waals surface area contributed by atoms with E-state index in [1.807, 2.05) is 18.2 Å². The minimum absolute atomic E-state index is 0.0504. The topological polar surface area (TPSA) is 62.0 Å². The summed E-state index contributed by atoms with van der Waals surface area (Å²) in [5.74, 6) is 0.0208. The molecule has 6 atom stereocenters. The first-order chi connectivity index (χ1) is 17.3. The number of aromatic amines is 1. The van der Waals surface area contributed by atoms with E-state index >= 15 is 0 Å².